The molecule has 1 aromatic carbocycles. The highest BCUT2D eigenvalue weighted by molar-refractivity contribution is 7.22. The summed E-state index contributed by atoms with van der Waals surface area (Å²) in [5.74, 6) is 0. The first-order chi connectivity index (χ1) is 7.75. The first kappa shape index (κ1) is 10.1. The van der Waals surface area contributed by atoms with Crippen molar-refractivity contribution in [3.05, 3.63) is 24.3 Å². The molecule has 0 spiro atoms. The van der Waals surface area contributed by atoms with Crippen LogP contribution in [0.1, 0.15) is 13.3 Å². The average Bonchev–Trinajstić information content (AvgIpc) is 2.84. The van der Waals surface area contributed by atoms with E-state index in [0.717, 1.165) is 23.6 Å². The minimum atomic E-state index is 0.284. The maximum Gasteiger partial charge on any atom is 0.186 e. The Labute approximate surface area is 98.9 Å². The van der Waals surface area contributed by atoms with E-state index >= 15 is 0 Å². The lowest BCUT2D eigenvalue weighted by Gasteiger charge is -2.21. The molecule has 1 fully saturated rings. The number of benzene rings is 1. The number of para-hydroxylation sites is 1. The highest BCUT2D eigenvalue weighted by atomic mass is 32.1. The second kappa shape index (κ2) is 3.71. The molecule has 2 aromatic rings. The van der Waals surface area contributed by atoms with Crippen molar-refractivity contribution in [2.45, 2.75) is 25.4 Å². The van der Waals surface area contributed by atoms with Gasteiger partial charge in [-0.3, -0.25) is 0 Å². The van der Waals surface area contributed by atoms with Crippen molar-refractivity contribution < 1.29 is 0 Å². The predicted octanol–water partition coefficient (Wildman–Crippen LogP) is 2.22. The topological polar surface area (TPSA) is 42.1 Å². The van der Waals surface area contributed by atoms with Crippen LogP contribution < -0.4 is 10.6 Å². The molecule has 1 aliphatic rings. The van der Waals surface area contributed by atoms with Gasteiger partial charge in [0.15, 0.2) is 5.13 Å². The van der Waals surface area contributed by atoms with Crippen LogP contribution in [0.15, 0.2) is 24.3 Å². The molecule has 1 aromatic heterocycles. The Bertz CT molecular complexity index is 475. The maximum atomic E-state index is 6.04. The van der Waals surface area contributed by atoms with Gasteiger partial charge >= 0.3 is 0 Å². The lowest BCUT2D eigenvalue weighted by molar-refractivity contribution is 0.624. The van der Waals surface area contributed by atoms with Crippen molar-refractivity contribution in [3.63, 3.8) is 0 Å². The molecule has 1 saturated heterocycles. The largest absolute Gasteiger partial charge is 0.344 e. The van der Waals surface area contributed by atoms with Gasteiger partial charge in [-0.05, 0) is 25.5 Å². The second-order valence-electron chi connectivity index (χ2n) is 4.35. The summed E-state index contributed by atoms with van der Waals surface area (Å²) in [5.41, 5.74) is 7.13. The molecule has 0 amide bonds. The molecule has 1 aliphatic heterocycles. The van der Waals surface area contributed by atoms with Crippen LogP contribution in [0, 0.1) is 0 Å². The van der Waals surface area contributed by atoms with Gasteiger partial charge in [0.25, 0.3) is 0 Å². The Morgan fingerprint density at radius 2 is 2.25 bits per heavy atom. The normalized spacial score (nSPS) is 25.5. The van der Waals surface area contributed by atoms with E-state index in [-0.39, 0.29) is 6.04 Å². The summed E-state index contributed by atoms with van der Waals surface area (Å²) < 4.78 is 1.25. The van der Waals surface area contributed by atoms with E-state index < -0.39 is 0 Å². The number of thiazole rings is 1. The maximum absolute atomic E-state index is 6.04. The molecule has 84 valence electrons. The van der Waals surface area contributed by atoms with Gasteiger partial charge < -0.3 is 10.6 Å². The molecule has 0 saturated carbocycles. The first-order valence-corrected chi connectivity index (χ1v) is 6.45. The minimum absolute atomic E-state index is 0.284. The highest BCUT2D eigenvalue weighted by Crippen LogP contribution is 2.32. The zero-order chi connectivity index (χ0) is 11.1. The van der Waals surface area contributed by atoms with Crippen LogP contribution in [0.25, 0.3) is 10.2 Å². The fourth-order valence-electron chi connectivity index (χ4n) is 2.22. The molecule has 4 heteroatoms. The summed E-state index contributed by atoms with van der Waals surface area (Å²) in [6.07, 6.45) is 1.07. The average molecular weight is 233 g/mol. The highest BCUT2D eigenvalue weighted by Gasteiger charge is 2.29. The first-order valence-electron chi connectivity index (χ1n) is 5.63. The smallest absolute Gasteiger partial charge is 0.186 e. The molecule has 2 heterocycles. The van der Waals surface area contributed by atoms with E-state index in [4.69, 9.17) is 5.73 Å². The third-order valence-electron chi connectivity index (χ3n) is 3.34. The van der Waals surface area contributed by atoms with Crippen LogP contribution in [-0.2, 0) is 0 Å². The van der Waals surface area contributed by atoms with Crippen molar-refractivity contribution >= 4 is 26.7 Å². The Hall–Kier alpha value is -1.13. The number of rotatable bonds is 1. The second-order valence-corrected chi connectivity index (χ2v) is 5.36. The van der Waals surface area contributed by atoms with Gasteiger partial charge in [-0.15, -0.1) is 0 Å². The predicted molar refractivity (Wildman–Crippen MR) is 69.0 cm³/mol. The van der Waals surface area contributed by atoms with Crippen LogP contribution >= 0.6 is 11.3 Å². The van der Waals surface area contributed by atoms with Crippen LogP contribution in [0.5, 0.6) is 0 Å². The van der Waals surface area contributed by atoms with Gasteiger partial charge in [0.1, 0.15) is 0 Å². The summed E-state index contributed by atoms with van der Waals surface area (Å²) >= 11 is 1.76. The zero-order valence-electron chi connectivity index (χ0n) is 9.26. The monoisotopic (exact) mass is 233 g/mol. The van der Waals surface area contributed by atoms with E-state index in [1.165, 1.54) is 4.70 Å². The van der Waals surface area contributed by atoms with E-state index in [0.29, 0.717) is 6.04 Å². The van der Waals surface area contributed by atoms with E-state index in [9.17, 15) is 0 Å². The van der Waals surface area contributed by atoms with Gasteiger partial charge in [-0.25, -0.2) is 4.98 Å². The van der Waals surface area contributed by atoms with Crippen LogP contribution in [0.3, 0.4) is 0 Å². The Morgan fingerprint density at radius 3 is 2.94 bits per heavy atom. The van der Waals surface area contributed by atoms with Gasteiger partial charge in [-0.2, -0.15) is 0 Å². The summed E-state index contributed by atoms with van der Waals surface area (Å²) in [4.78, 5) is 7.00. The molecule has 2 N–H and O–H groups in total. The third-order valence-corrected chi connectivity index (χ3v) is 4.42. The van der Waals surface area contributed by atoms with Crippen molar-refractivity contribution in [3.8, 4) is 0 Å². The summed E-state index contributed by atoms with van der Waals surface area (Å²) in [5, 5.41) is 1.11. The molecule has 2 unspecified atom stereocenters. The van der Waals surface area contributed by atoms with Gasteiger partial charge in [0, 0.05) is 18.6 Å². The number of hydrogen-bond donors (Lipinski definition) is 1. The van der Waals surface area contributed by atoms with Gasteiger partial charge in [0.2, 0.25) is 0 Å². The number of anilines is 1. The lowest BCUT2D eigenvalue weighted by atomic mass is 10.2. The number of nitrogens with zero attached hydrogens (tertiary/aromatic N) is 2. The molecule has 16 heavy (non-hydrogen) atoms. The van der Waals surface area contributed by atoms with Crippen molar-refractivity contribution in [2.24, 2.45) is 5.73 Å². The van der Waals surface area contributed by atoms with Crippen molar-refractivity contribution in [2.75, 3.05) is 11.4 Å². The van der Waals surface area contributed by atoms with Crippen molar-refractivity contribution in [1.29, 1.82) is 0 Å². The number of fused-ring (bicyclic) bond motifs is 1. The molecular weight excluding hydrogens is 218 g/mol. The summed E-state index contributed by atoms with van der Waals surface area (Å²) in [6.45, 7) is 3.21. The Balaban J connectivity index is 2.00. The number of nitrogens with two attached hydrogens (primary N) is 1. The molecule has 0 radical (unpaired) electrons. The molecule has 2 atom stereocenters. The van der Waals surface area contributed by atoms with Crippen LogP contribution in [0.2, 0.25) is 0 Å². The molecule has 3 nitrogen and oxygen atoms in total. The van der Waals surface area contributed by atoms with E-state index in [2.05, 4.69) is 35.0 Å². The molecule has 0 bridgehead atoms. The summed E-state index contributed by atoms with van der Waals surface area (Å²) in [6, 6.07) is 8.97. The van der Waals surface area contributed by atoms with Crippen LogP contribution in [-0.4, -0.2) is 23.6 Å². The standard InChI is InChI=1S/C12H15N3S/c1-8-9(13)6-7-15(8)12-14-10-4-2-3-5-11(10)16-12/h2-5,8-9H,6-7,13H2,1H3. The van der Waals surface area contributed by atoms with Gasteiger partial charge in [0.05, 0.1) is 10.2 Å². The third kappa shape index (κ3) is 1.49. The molecule has 0 aliphatic carbocycles. The fraction of sp³-hybridized carbons (Fsp3) is 0.417. The lowest BCUT2D eigenvalue weighted by Crippen LogP contribution is -2.36. The Morgan fingerprint density at radius 1 is 1.44 bits per heavy atom. The minimum Gasteiger partial charge on any atom is -0.344 e. The summed E-state index contributed by atoms with van der Waals surface area (Å²) in [7, 11) is 0. The van der Waals surface area contributed by atoms with Crippen molar-refractivity contribution in [1.82, 2.24) is 4.98 Å². The van der Waals surface area contributed by atoms with E-state index in [1.807, 2.05) is 6.07 Å². The number of aromatic nitrogens is 1. The fourth-order valence-corrected chi connectivity index (χ4v) is 3.30. The molecule has 3 rings (SSSR count). The molecular formula is C12H15N3S. The SMILES string of the molecule is CC1C(N)CCN1c1nc2ccccc2s1. The van der Waals surface area contributed by atoms with Gasteiger partial charge in [-0.1, -0.05) is 23.5 Å². The van der Waals surface area contributed by atoms with E-state index in [1.54, 1.807) is 11.3 Å². The zero-order valence-corrected chi connectivity index (χ0v) is 10.1. The quantitative estimate of drug-likeness (QED) is 0.821. The Kier molecular flexibility index (Phi) is 2.33. The number of hydrogen-bond acceptors (Lipinski definition) is 4. The van der Waals surface area contributed by atoms with Crippen LogP contribution in [0.4, 0.5) is 5.13 Å².